The third-order valence-corrected chi connectivity index (χ3v) is 10.7. The first-order valence-corrected chi connectivity index (χ1v) is 26.1. The number of aliphatic hydroxyl groups excluding tert-OH is 1. The Bertz CT molecular complexity index is 1570. The lowest BCUT2D eigenvalue weighted by Crippen LogP contribution is -2.43. The summed E-state index contributed by atoms with van der Waals surface area (Å²) in [6.07, 6.45) is 63.7. The molecule has 0 heterocycles. The zero-order valence-corrected chi connectivity index (χ0v) is 41.3. The van der Waals surface area contributed by atoms with Crippen LogP contribution >= 0.6 is 7.82 Å². The molecule has 0 rings (SSSR count). The summed E-state index contributed by atoms with van der Waals surface area (Å²) in [5.74, 6) is -2.50. The number of allylic oxidation sites excluding steroid dienone is 20. The van der Waals surface area contributed by atoms with E-state index in [1.54, 1.807) is 0 Å². The maximum atomic E-state index is 12.4. The summed E-state index contributed by atoms with van der Waals surface area (Å²) >= 11 is 0. The SMILES string of the molecule is CC/C=C\C/C=C\C/C=C\C/C=C\C/C=C\C/C=C\CCC(=O)OCC(O)COP(=O)(O)OCC(NC(=O)CCCCCCCCC/C=C\C/C=C\C/C=C\C/C=C\CCCCC)C(=O)O. The van der Waals surface area contributed by atoms with Crippen LogP contribution in [0.25, 0.3) is 0 Å². The molecular formula is C54H86NO10P. The molecule has 0 aromatic carbocycles. The lowest BCUT2D eigenvalue weighted by Gasteiger charge is -2.18. The maximum absolute atomic E-state index is 12.4. The zero-order chi connectivity index (χ0) is 48.4. The minimum atomic E-state index is -4.79. The largest absolute Gasteiger partial charge is 0.480 e. The number of hydrogen-bond donors (Lipinski definition) is 4. The fourth-order valence-corrected chi connectivity index (χ4v) is 6.74. The number of carboxylic acids is 1. The van der Waals surface area contributed by atoms with Gasteiger partial charge < -0.3 is 25.2 Å². The van der Waals surface area contributed by atoms with Crippen molar-refractivity contribution in [1.82, 2.24) is 5.32 Å². The number of aliphatic hydroxyl groups is 1. The topological polar surface area (TPSA) is 169 Å². The highest BCUT2D eigenvalue weighted by molar-refractivity contribution is 7.47. The average Bonchev–Trinajstić information content (AvgIpc) is 3.29. The second-order valence-corrected chi connectivity index (χ2v) is 17.4. The highest BCUT2D eigenvalue weighted by atomic mass is 31.2. The number of phosphoric ester groups is 1. The van der Waals surface area contributed by atoms with Gasteiger partial charge in [0.15, 0.2) is 6.04 Å². The molecule has 3 atom stereocenters. The van der Waals surface area contributed by atoms with Crippen molar-refractivity contribution < 1.29 is 47.8 Å². The molecule has 0 saturated carbocycles. The van der Waals surface area contributed by atoms with Crippen LogP contribution < -0.4 is 5.32 Å². The molecule has 0 aliphatic carbocycles. The molecule has 372 valence electrons. The van der Waals surface area contributed by atoms with Crippen LogP contribution in [-0.2, 0) is 32.7 Å². The molecular weight excluding hydrogens is 854 g/mol. The van der Waals surface area contributed by atoms with E-state index in [2.05, 4.69) is 122 Å². The van der Waals surface area contributed by atoms with Crippen molar-refractivity contribution in [3.05, 3.63) is 122 Å². The van der Waals surface area contributed by atoms with Crippen LogP contribution in [0.4, 0.5) is 0 Å². The van der Waals surface area contributed by atoms with Gasteiger partial charge in [-0.2, -0.15) is 0 Å². The third kappa shape index (κ3) is 46.4. The van der Waals surface area contributed by atoms with E-state index in [9.17, 15) is 34.1 Å². The predicted molar refractivity (Wildman–Crippen MR) is 272 cm³/mol. The lowest BCUT2D eigenvalue weighted by molar-refractivity contribution is -0.147. The molecule has 12 heteroatoms. The number of carbonyl (C=O) groups excluding carboxylic acids is 2. The predicted octanol–water partition coefficient (Wildman–Crippen LogP) is 13.6. The monoisotopic (exact) mass is 940 g/mol. The summed E-state index contributed by atoms with van der Waals surface area (Å²) in [6.45, 7) is 2.36. The highest BCUT2D eigenvalue weighted by Gasteiger charge is 2.28. The van der Waals surface area contributed by atoms with Gasteiger partial charge in [0, 0.05) is 12.8 Å². The van der Waals surface area contributed by atoms with Gasteiger partial charge in [-0.3, -0.25) is 18.6 Å². The highest BCUT2D eigenvalue weighted by Crippen LogP contribution is 2.43. The van der Waals surface area contributed by atoms with Gasteiger partial charge >= 0.3 is 19.8 Å². The molecule has 4 N–H and O–H groups in total. The van der Waals surface area contributed by atoms with Gasteiger partial charge in [0.25, 0.3) is 0 Å². The van der Waals surface area contributed by atoms with Gasteiger partial charge in [0.1, 0.15) is 12.7 Å². The number of rotatable bonds is 44. The van der Waals surface area contributed by atoms with Gasteiger partial charge in [-0.1, -0.05) is 180 Å². The quantitative estimate of drug-likeness (QED) is 0.0200. The van der Waals surface area contributed by atoms with E-state index in [1.807, 2.05) is 18.2 Å². The second kappa shape index (κ2) is 47.4. The van der Waals surface area contributed by atoms with Gasteiger partial charge in [0.2, 0.25) is 5.91 Å². The van der Waals surface area contributed by atoms with Crippen molar-refractivity contribution in [2.45, 2.75) is 180 Å². The Morgan fingerprint density at radius 1 is 0.500 bits per heavy atom. The second-order valence-electron chi connectivity index (χ2n) is 15.9. The van der Waals surface area contributed by atoms with E-state index in [1.165, 1.54) is 25.7 Å². The van der Waals surface area contributed by atoms with Gasteiger partial charge in [-0.15, -0.1) is 0 Å². The van der Waals surface area contributed by atoms with Crippen molar-refractivity contribution in [2.75, 3.05) is 19.8 Å². The normalized spacial score (nSPS) is 14.6. The first-order valence-electron chi connectivity index (χ1n) is 24.6. The number of carboxylic acid groups (broad SMARTS) is 1. The molecule has 0 spiro atoms. The molecule has 0 aromatic heterocycles. The molecule has 0 aliphatic rings. The summed E-state index contributed by atoms with van der Waals surface area (Å²) in [4.78, 5) is 46.1. The van der Waals surface area contributed by atoms with Crippen molar-refractivity contribution >= 4 is 25.7 Å². The molecule has 11 nitrogen and oxygen atoms in total. The summed E-state index contributed by atoms with van der Waals surface area (Å²) in [6, 6.07) is -1.57. The Hall–Kier alpha value is -4.12. The van der Waals surface area contributed by atoms with E-state index in [4.69, 9.17) is 13.8 Å². The summed E-state index contributed by atoms with van der Waals surface area (Å²) in [5.41, 5.74) is 0. The molecule has 0 aliphatic heterocycles. The van der Waals surface area contributed by atoms with Gasteiger partial charge in [-0.05, 0) is 96.3 Å². The van der Waals surface area contributed by atoms with Gasteiger partial charge in [-0.25, -0.2) is 9.36 Å². The molecule has 66 heavy (non-hydrogen) atoms. The van der Waals surface area contributed by atoms with Crippen molar-refractivity contribution in [2.24, 2.45) is 0 Å². The Morgan fingerprint density at radius 2 is 0.894 bits per heavy atom. The number of unbranched alkanes of at least 4 members (excludes halogenated alkanes) is 10. The molecule has 0 aromatic rings. The number of carbonyl (C=O) groups is 3. The standard InChI is InChI=1S/C54H86NO10P/c1-3-5-7-9-11-13-15-17-19-21-23-24-25-26-28-29-31-33-35-37-39-41-43-45-52(57)55-51(54(59)60)49-65-66(61,62)64-48-50(56)47-63-53(58)46-44-42-40-38-36-34-32-30-27-22-20-18-16-14-12-10-8-6-4-2/h6,8,11-14,17-20,23-24,26-28,30,34,36,40,42,50-51,56H,3-5,7,9-10,15-16,21-22,25,29,31-33,35,37-39,41,43-49H2,1-2H3,(H,55,57)(H,59,60)(H,61,62)/b8-6-,13-11-,14-12-,19-17-,20-18-,24-23-,28-26-,30-27-,36-34-,42-40-. The van der Waals surface area contributed by atoms with E-state index >= 15 is 0 Å². The fourth-order valence-electron chi connectivity index (χ4n) is 5.97. The van der Waals surface area contributed by atoms with Crippen molar-refractivity contribution in [3.63, 3.8) is 0 Å². The van der Waals surface area contributed by atoms with Crippen LogP contribution in [0.15, 0.2) is 122 Å². The van der Waals surface area contributed by atoms with Crippen LogP contribution in [-0.4, -0.2) is 64.9 Å². The number of phosphoric acid groups is 1. The summed E-state index contributed by atoms with van der Waals surface area (Å²) in [5, 5.41) is 21.9. The van der Waals surface area contributed by atoms with Crippen LogP contribution in [0.2, 0.25) is 0 Å². The van der Waals surface area contributed by atoms with Crippen molar-refractivity contribution in [3.8, 4) is 0 Å². The molecule has 0 fully saturated rings. The molecule has 0 radical (unpaired) electrons. The van der Waals surface area contributed by atoms with E-state index in [0.29, 0.717) is 12.8 Å². The smallest absolute Gasteiger partial charge is 0.472 e. The lowest BCUT2D eigenvalue weighted by atomic mass is 10.1. The Kier molecular flexibility index (Phi) is 44.4. The summed E-state index contributed by atoms with van der Waals surface area (Å²) < 4.78 is 26.8. The summed E-state index contributed by atoms with van der Waals surface area (Å²) in [7, 11) is -4.79. The number of nitrogens with one attached hydrogen (secondary N) is 1. The van der Waals surface area contributed by atoms with Gasteiger partial charge in [0.05, 0.1) is 13.2 Å². The van der Waals surface area contributed by atoms with Crippen LogP contribution in [0.1, 0.15) is 168 Å². The van der Waals surface area contributed by atoms with E-state index in [-0.39, 0.29) is 12.8 Å². The number of amides is 1. The molecule has 1 amide bonds. The molecule has 0 saturated heterocycles. The van der Waals surface area contributed by atoms with E-state index < -0.39 is 57.6 Å². The van der Waals surface area contributed by atoms with Crippen LogP contribution in [0.5, 0.6) is 0 Å². The fraction of sp³-hybridized carbons (Fsp3) is 0.574. The molecule has 3 unspecified atom stereocenters. The minimum Gasteiger partial charge on any atom is -0.480 e. The minimum absolute atomic E-state index is 0.0912. The Morgan fingerprint density at radius 3 is 1.35 bits per heavy atom. The number of ether oxygens (including phenoxy) is 1. The molecule has 0 bridgehead atoms. The maximum Gasteiger partial charge on any atom is 0.472 e. The van der Waals surface area contributed by atoms with Crippen molar-refractivity contribution in [1.29, 1.82) is 0 Å². The number of hydrogen-bond acceptors (Lipinski definition) is 8. The first-order chi connectivity index (χ1) is 32.1. The Labute approximate surface area is 398 Å². The van der Waals surface area contributed by atoms with E-state index in [0.717, 1.165) is 103 Å². The first kappa shape index (κ1) is 61.9. The van der Waals surface area contributed by atoms with Crippen LogP contribution in [0.3, 0.4) is 0 Å². The third-order valence-electron chi connectivity index (χ3n) is 9.75. The number of aliphatic carboxylic acids is 1. The van der Waals surface area contributed by atoms with Crippen LogP contribution in [0, 0.1) is 0 Å². The average molecular weight is 940 g/mol. The number of esters is 1. The zero-order valence-electron chi connectivity index (χ0n) is 40.4. The Balaban J connectivity index is 3.99.